The third-order valence-corrected chi connectivity index (χ3v) is 5.48. The molecule has 0 aliphatic rings. The molecule has 0 radical (unpaired) electrons. The normalized spacial score (nSPS) is 14.0. The molecule has 0 saturated heterocycles. The quantitative estimate of drug-likeness (QED) is 0.135. The standard InChI is InChI=1S/C22H45BrO2/c1-7-10-11-12-13-14-17-20(18-15-16-19-21(4,5)23)22(6,24-8-2)25-9-3/h20H,7-19H2,1-6H3. The lowest BCUT2D eigenvalue weighted by molar-refractivity contribution is -0.254. The van der Waals surface area contributed by atoms with Gasteiger partial charge in [0.05, 0.1) is 0 Å². The van der Waals surface area contributed by atoms with Crippen LogP contribution >= 0.6 is 15.9 Å². The van der Waals surface area contributed by atoms with Gasteiger partial charge in [0.2, 0.25) is 0 Å². The molecular formula is C22H45BrO2. The molecule has 3 heteroatoms. The fourth-order valence-corrected chi connectivity index (χ4v) is 3.91. The van der Waals surface area contributed by atoms with E-state index in [2.05, 4.69) is 57.5 Å². The van der Waals surface area contributed by atoms with E-state index in [1.165, 1.54) is 70.6 Å². The van der Waals surface area contributed by atoms with Gasteiger partial charge in [0, 0.05) is 23.5 Å². The fourth-order valence-electron chi connectivity index (χ4n) is 3.63. The molecule has 152 valence electrons. The predicted molar refractivity (Wildman–Crippen MR) is 115 cm³/mol. The van der Waals surface area contributed by atoms with Crippen LogP contribution in [0.3, 0.4) is 0 Å². The highest BCUT2D eigenvalue weighted by Crippen LogP contribution is 2.34. The van der Waals surface area contributed by atoms with Crippen LogP contribution in [0.25, 0.3) is 0 Å². The Morgan fingerprint density at radius 2 is 1.20 bits per heavy atom. The van der Waals surface area contributed by atoms with Crippen molar-refractivity contribution in [1.82, 2.24) is 0 Å². The zero-order chi connectivity index (χ0) is 19.2. The van der Waals surface area contributed by atoms with E-state index < -0.39 is 5.79 Å². The Morgan fingerprint density at radius 1 is 0.720 bits per heavy atom. The van der Waals surface area contributed by atoms with Crippen LogP contribution in [-0.2, 0) is 9.47 Å². The molecule has 1 unspecified atom stereocenters. The van der Waals surface area contributed by atoms with E-state index in [0.29, 0.717) is 5.92 Å². The summed E-state index contributed by atoms with van der Waals surface area (Å²) in [5.74, 6) is 0.0774. The number of halogens is 1. The fraction of sp³-hybridized carbons (Fsp3) is 1.00. The van der Waals surface area contributed by atoms with E-state index >= 15 is 0 Å². The Bertz CT molecular complexity index is 293. The summed E-state index contributed by atoms with van der Waals surface area (Å²) in [5.41, 5.74) is 0. The van der Waals surface area contributed by atoms with Crippen LogP contribution in [0, 0.1) is 5.92 Å². The summed E-state index contributed by atoms with van der Waals surface area (Å²) in [6.45, 7) is 14.5. The molecule has 0 spiro atoms. The largest absolute Gasteiger partial charge is 0.350 e. The molecule has 0 heterocycles. The SMILES string of the molecule is CCCCCCCCC(CCCCC(C)(C)Br)C(C)(OCC)OCC. The van der Waals surface area contributed by atoms with Crippen molar-refractivity contribution in [2.24, 2.45) is 5.92 Å². The second-order valence-corrected chi connectivity index (χ2v) is 10.2. The molecule has 0 bridgehead atoms. The molecule has 0 saturated carbocycles. The van der Waals surface area contributed by atoms with E-state index in [-0.39, 0.29) is 4.32 Å². The van der Waals surface area contributed by atoms with Crippen LogP contribution < -0.4 is 0 Å². The molecule has 0 amide bonds. The van der Waals surface area contributed by atoms with E-state index in [0.717, 1.165) is 13.2 Å². The summed E-state index contributed by atoms with van der Waals surface area (Å²) < 4.78 is 12.4. The average Bonchev–Trinajstić information content (AvgIpc) is 2.52. The second kappa shape index (κ2) is 14.5. The van der Waals surface area contributed by atoms with Crippen molar-refractivity contribution >= 4 is 15.9 Å². The topological polar surface area (TPSA) is 18.5 Å². The maximum absolute atomic E-state index is 6.09. The van der Waals surface area contributed by atoms with Crippen molar-refractivity contribution in [1.29, 1.82) is 0 Å². The molecule has 1 atom stereocenters. The molecule has 0 fully saturated rings. The van der Waals surface area contributed by atoms with Crippen molar-refractivity contribution in [2.45, 2.75) is 122 Å². The van der Waals surface area contributed by atoms with Crippen molar-refractivity contribution in [3.05, 3.63) is 0 Å². The summed E-state index contributed by atoms with van der Waals surface area (Å²) in [5, 5.41) is 0. The van der Waals surface area contributed by atoms with Crippen molar-refractivity contribution < 1.29 is 9.47 Å². The summed E-state index contributed by atoms with van der Waals surface area (Å²) in [4.78, 5) is 0. The first kappa shape index (κ1) is 25.4. The predicted octanol–water partition coefficient (Wildman–Crippen LogP) is 7.88. The minimum Gasteiger partial charge on any atom is -0.350 e. The van der Waals surface area contributed by atoms with Gasteiger partial charge in [-0.1, -0.05) is 88.1 Å². The van der Waals surface area contributed by atoms with Gasteiger partial charge in [0.1, 0.15) is 0 Å². The van der Waals surface area contributed by atoms with Gasteiger partial charge in [-0.15, -0.1) is 0 Å². The molecule has 0 aromatic carbocycles. The van der Waals surface area contributed by atoms with E-state index in [1.807, 2.05) is 0 Å². The van der Waals surface area contributed by atoms with Gasteiger partial charge in [-0.2, -0.15) is 0 Å². The van der Waals surface area contributed by atoms with Crippen LogP contribution in [0.5, 0.6) is 0 Å². The lowest BCUT2D eigenvalue weighted by atomic mass is 9.87. The van der Waals surface area contributed by atoms with Crippen molar-refractivity contribution in [2.75, 3.05) is 13.2 Å². The van der Waals surface area contributed by atoms with Gasteiger partial charge in [0.15, 0.2) is 5.79 Å². The average molecular weight is 422 g/mol. The first-order valence-corrected chi connectivity index (χ1v) is 11.5. The number of rotatable bonds is 17. The lowest BCUT2D eigenvalue weighted by Crippen LogP contribution is -2.41. The number of ether oxygens (including phenoxy) is 2. The van der Waals surface area contributed by atoms with E-state index in [1.54, 1.807) is 0 Å². The number of alkyl halides is 1. The molecule has 25 heavy (non-hydrogen) atoms. The molecule has 0 aliphatic carbocycles. The zero-order valence-corrected chi connectivity index (χ0v) is 19.6. The van der Waals surface area contributed by atoms with Gasteiger partial charge in [-0.3, -0.25) is 0 Å². The Hall–Kier alpha value is 0.400. The van der Waals surface area contributed by atoms with Crippen molar-refractivity contribution in [3.63, 3.8) is 0 Å². The number of hydrogen-bond acceptors (Lipinski definition) is 2. The molecule has 0 rings (SSSR count). The Kier molecular flexibility index (Phi) is 14.7. The molecule has 2 nitrogen and oxygen atoms in total. The maximum Gasteiger partial charge on any atom is 0.168 e. The van der Waals surface area contributed by atoms with Crippen LogP contribution in [0.15, 0.2) is 0 Å². The molecule has 0 aromatic heterocycles. The summed E-state index contributed by atoms with van der Waals surface area (Å²) in [7, 11) is 0. The lowest BCUT2D eigenvalue weighted by Gasteiger charge is -2.37. The molecule has 0 aromatic rings. The van der Waals surface area contributed by atoms with E-state index in [4.69, 9.17) is 9.47 Å². The van der Waals surface area contributed by atoms with Gasteiger partial charge in [0.25, 0.3) is 0 Å². The number of unbranched alkanes of at least 4 members (excludes halogenated alkanes) is 6. The third kappa shape index (κ3) is 13.2. The Morgan fingerprint density at radius 3 is 1.68 bits per heavy atom. The first-order valence-electron chi connectivity index (χ1n) is 10.8. The summed E-state index contributed by atoms with van der Waals surface area (Å²) >= 11 is 3.76. The maximum atomic E-state index is 6.09. The monoisotopic (exact) mass is 420 g/mol. The minimum atomic E-state index is -0.420. The Labute approximate surface area is 166 Å². The minimum absolute atomic E-state index is 0.255. The highest BCUT2D eigenvalue weighted by atomic mass is 79.9. The van der Waals surface area contributed by atoms with Crippen molar-refractivity contribution in [3.8, 4) is 0 Å². The van der Waals surface area contributed by atoms with Gasteiger partial charge in [-0.25, -0.2) is 0 Å². The van der Waals surface area contributed by atoms with Crippen LogP contribution in [0.1, 0.15) is 112 Å². The summed E-state index contributed by atoms with van der Waals surface area (Å²) in [6.07, 6.45) is 14.3. The van der Waals surface area contributed by atoms with E-state index in [9.17, 15) is 0 Å². The van der Waals surface area contributed by atoms with Crippen LogP contribution in [-0.4, -0.2) is 23.3 Å². The second-order valence-electron chi connectivity index (χ2n) is 8.10. The van der Waals surface area contributed by atoms with Gasteiger partial charge in [-0.05, 0) is 40.0 Å². The highest BCUT2D eigenvalue weighted by Gasteiger charge is 2.34. The van der Waals surface area contributed by atoms with Crippen LogP contribution in [0.2, 0.25) is 0 Å². The Balaban J connectivity index is 4.52. The summed E-state index contributed by atoms with van der Waals surface area (Å²) in [6, 6.07) is 0. The molecular weight excluding hydrogens is 376 g/mol. The van der Waals surface area contributed by atoms with Crippen LogP contribution in [0.4, 0.5) is 0 Å². The third-order valence-electron chi connectivity index (χ3n) is 5.08. The van der Waals surface area contributed by atoms with Gasteiger partial charge < -0.3 is 9.47 Å². The zero-order valence-electron chi connectivity index (χ0n) is 18.0. The number of hydrogen-bond donors (Lipinski definition) is 0. The van der Waals surface area contributed by atoms with Gasteiger partial charge >= 0.3 is 0 Å². The highest BCUT2D eigenvalue weighted by molar-refractivity contribution is 9.10. The molecule has 0 N–H and O–H groups in total. The first-order chi connectivity index (χ1) is 11.8. The molecule has 0 aliphatic heterocycles. The smallest absolute Gasteiger partial charge is 0.168 e.